The molecular formula is C20H26N4O2. The number of hydrogen-bond acceptors (Lipinski definition) is 4. The second kappa shape index (κ2) is 5.91. The Labute approximate surface area is 153 Å². The maximum Gasteiger partial charge on any atom is 0.260 e. The van der Waals surface area contributed by atoms with Gasteiger partial charge in [0.25, 0.3) is 5.91 Å². The van der Waals surface area contributed by atoms with Gasteiger partial charge in [0.2, 0.25) is 0 Å². The smallest absolute Gasteiger partial charge is 0.260 e. The SMILES string of the molecule is CC12CCC(CC1=NNC(=O)Cn1c(CO)nc3ccccc31)C2(C)C. The fourth-order valence-electron chi connectivity index (χ4n) is 4.83. The quantitative estimate of drug-likeness (QED) is 0.829. The number of hydrazone groups is 1. The fraction of sp³-hybridized carbons (Fsp3) is 0.550. The highest BCUT2D eigenvalue weighted by molar-refractivity contribution is 5.95. The van der Waals surface area contributed by atoms with Gasteiger partial charge in [0.1, 0.15) is 19.0 Å². The molecular weight excluding hydrogens is 328 g/mol. The van der Waals surface area contributed by atoms with Crippen LogP contribution in [0.25, 0.3) is 11.0 Å². The molecule has 1 heterocycles. The van der Waals surface area contributed by atoms with Crippen molar-refractivity contribution in [1.82, 2.24) is 15.0 Å². The zero-order valence-electron chi connectivity index (χ0n) is 15.6. The largest absolute Gasteiger partial charge is 0.388 e. The van der Waals surface area contributed by atoms with Crippen molar-refractivity contribution in [2.24, 2.45) is 21.8 Å². The molecule has 2 aliphatic carbocycles. The molecule has 4 rings (SSSR count). The number of hydrogen-bond donors (Lipinski definition) is 2. The fourth-order valence-corrected chi connectivity index (χ4v) is 4.83. The Hall–Kier alpha value is -2.21. The second-order valence-corrected chi connectivity index (χ2v) is 8.35. The summed E-state index contributed by atoms with van der Waals surface area (Å²) >= 11 is 0. The highest BCUT2D eigenvalue weighted by atomic mass is 16.3. The minimum absolute atomic E-state index is 0.0723. The molecule has 2 N–H and O–H groups in total. The molecule has 2 fully saturated rings. The van der Waals surface area contributed by atoms with E-state index in [2.05, 4.69) is 36.3 Å². The van der Waals surface area contributed by atoms with Crippen LogP contribution in [0.5, 0.6) is 0 Å². The van der Waals surface area contributed by atoms with E-state index in [1.165, 1.54) is 6.42 Å². The van der Waals surface area contributed by atoms with Gasteiger partial charge in [-0.1, -0.05) is 32.9 Å². The van der Waals surface area contributed by atoms with E-state index in [4.69, 9.17) is 0 Å². The van der Waals surface area contributed by atoms with Crippen molar-refractivity contribution in [1.29, 1.82) is 0 Å². The predicted molar refractivity (Wildman–Crippen MR) is 100 cm³/mol. The van der Waals surface area contributed by atoms with Crippen molar-refractivity contribution in [3.8, 4) is 0 Å². The Balaban J connectivity index is 1.53. The third-order valence-electron chi connectivity index (χ3n) is 7.00. The molecule has 1 aromatic carbocycles. The highest BCUT2D eigenvalue weighted by Gasteiger charge is 2.60. The number of imidazole rings is 1. The first-order valence-corrected chi connectivity index (χ1v) is 9.27. The molecule has 2 bridgehead atoms. The van der Waals surface area contributed by atoms with Gasteiger partial charge in [0.05, 0.1) is 11.0 Å². The average molecular weight is 354 g/mol. The van der Waals surface area contributed by atoms with E-state index in [0.29, 0.717) is 11.7 Å². The van der Waals surface area contributed by atoms with Crippen LogP contribution in [0, 0.1) is 16.7 Å². The van der Waals surface area contributed by atoms with Crippen LogP contribution in [-0.4, -0.2) is 26.3 Å². The average Bonchev–Trinajstić information content (AvgIpc) is 3.15. The molecule has 0 saturated heterocycles. The summed E-state index contributed by atoms with van der Waals surface area (Å²) in [5, 5.41) is 14.1. The molecule has 1 aromatic heterocycles. The molecule has 0 radical (unpaired) electrons. The monoisotopic (exact) mass is 354 g/mol. The molecule has 2 aliphatic rings. The lowest BCUT2D eigenvalue weighted by molar-refractivity contribution is -0.121. The third-order valence-corrected chi connectivity index (χ3v) is 7.00. The van der Waals surface area contributed by atoms with Crippen LogP contribution < -0.4 is 5.43 Å². The molecule has 1 amide bonds. The van der Waals surface area contributed by atoms with Crippen molar-refractivity contribution < 1.29 is 9.90 Å². The Bertz CT molecular complexity index is 898. The summed E-state index contributed by atoms with van der Waals surface area (Å²) in [4.78, 5) is 16.9. The highest BCUT2D eigenvalue weighted by Crippen LogP contribution is 2.63. The Morgan fingerprint density at radius 2 is 2.15 bits per heavy atom. The van der Waals surface area contributed by atoms with Gasteiger partial charge in [0, 0.05) is 11.1 Å². The van der Waals surface area contributed by atoms with E-state index in [1.807, 2.05) is 24.3 Å². The minimum atomic E-state index is -0.204. The van der Waals surface area contributed by atoms with Gasteiger partial charge >= 0.3 is 0 Å². The zero-order chi connectivity index (χ0) is 18.5. The number of aliphatic hydroxyl groups is 1. The standard InChI is InChI=1S/C20H26N4O2/c1-19(2)13-8-9-20(19,3)16(10-13)22-23-18(26)11-24-15-7-5-4-6-14(15)21-17(24)12-25/h4-7,13,25H,8-12H2,1-3H3,(H,23,26). The number of rotatable bonds is 4. The second-order valence-electron chi connectivity index (χ2n) is 8.35. The first-order valence-electron chi connectivity index (χ1n) is 9.27. The van der Waals surface area contributed by atoms with Gasteiger partial charge in [-0.25, -0.2) is 10.4 Å². The van der Waals surface area contributed by atoms with Crippen molar-refractivity contribution >= 4 is 22.7 Å². The molecule has 2 aromatic rings. The Morgan fingerprint density at radius 3 is 2.81 bits per heavy atom. The van der Waals surface area contributed by atoms with Crippen LogP contribution in [0.4, 0.5) is 0 Å². The van der Waals surface area contributed by atoms with E-state index < -0.39 is 0 Å². The van der Waals surface area contributed by atoms with Crippen LogP contribution >= 0.6 is 0 Å². The molecule has 138 valence electrons. The first kappa shape index (κ1) is 17.2. The Morgan fingerprint density at radius 1 is 1.38 bits per heavy atom. The van der Waals surface area contributed by atoms with Gasteiger partial charge in [-0.3, -0.25) is 4.79 Å². The third kappa shape index (κ3) is 2.39. The minimum Gasteiger partial charge on any atom is -0.388 e. The number of carbonyl (C=O) groups is 1. The summed E-state index contributed by atoms with van der Waals surface area (Å²) in [5.74, 6) is 0.947. The number of carbonyl (C=O) groups excluding carboxylic acids is 1. The van der Waals surface area contributed by atoms with Crippen molar-refractivity contribution in [2.45, 2.75) is 53.2 Å². The summed E-state index contributed by atoms with van der Waals surface area (Å²) in [6.45, 7) is 6.81. The normalized spacial score (nSPS) is 28.2. The summed E-state index contributed by atoms with van der Waals surface area (Å²) in [5.41, 5.74) is 5.79. The number of para-hydroxylation sites is 2. The van der Waals surface area contributed by atoms with Gasteiger partial charge in [-0.2, -0.15) is 5.10 Å². The summed E-state index contributed by atoms with van der Waals surface area (Å²) in [6, 6.07) is 7.57. The van der Waals surface area contributed by atoms with E-state index >= 15 is 0 Å². The van der Waals surface area contributed by atoms with Gasteiger partial charge in [0.15, 0.2) is 0 Å². The predicted octanol–water partition coefficient (Wildman–Crippen LogP) is 2.85. The topological polar surface area (TPSA) is 79.5 Å². The van der Waals surface area contributed by atoms with Crippen LogP contribution in [0.3, 0.4) is 0 Å². The maximum absolute atomic E-state index is 12.5. The molecule has 6 heteroatoms. The van der Waals surface area contributed by atoms with Crippen molar-refractivity contribution in [3.63, 3.8) is 0 Å². The molecule has 26 heavy (non-hydrogen) atoms. The van der Waals surface area contributed by atoms with E-state index in [-0.39, 0.29) is 29.9 Å². The molecule has 2 unspecified atom stereocenters. The van der Waals surface area contributed by atoms with Gasteiger partial charge in [-0.15, -0.1) is 0 Å². The van der Waals surface area contributed by atoms with Gasteiger partial charge in [-0.05, 0) is 42.7 Å². The number of benzene rings is 1. The number of aromatic nitrogens is 2. The van der Waals surface area contributed by atoms with E-state index in [0.717, 1.165) is 29.6 Å². The van der Waals surface area contributed by atoms with Crippen molar-refractivity contribution in [2.75, 3.05) is 0 Å². The lowest BCUT2D eigenvalue weighted by Gasteiger charge is -2.34. The van der Waals surface area contributed by atoms with Crippen LogP contribution in [0.15, 0.2) is 29.4 Å². The lowest BCUT2D eigenvalue weighted by atomic mass is 9.70. The molecule has 2 atom stereocenters. The Kier molecular flexibility index (Phi) is 3.91. The molecule has 0 aliphatic heterocycles. The number of fused-ring (bicyclic) bond motifs is 3. The van der Waals surface area contributed by atoms with Crippen LogP contribution in [0.1, 0.15) is 45.9 Å². The van der Waals surface area contributed by atoms with Crippen LogP contribution in [0.2, 0.25) is 0 Å². The van der Waals surface area contributed by atoms with Crippen LogP contribution in [-0.2, 0) is 17.9 Å². The molecule has 6 nitrogen and oxygen atoms in total. The van der Waals surface area contributed by atoms with Crippen molar-refractivity contribution in [3.05, 3.63) is 30.1 Å². The summed E-state index contributed by atoms with van der Waals surface area (Å²) in [7, 11) is 0. The molecule has 2 saturated carbocycles. The zero-order valence-corrected chi connectivity index (χ0v) is 15.6. The van der Waals surface area contributed by atoms with E-state index in [1.54, 1.807) is 4.57 Å². The summed E-state index contributed by atoms with van der Waals surface area (Å²) in [6.07, 6.45) is 3.36. The molecule has 0 spiro atoms. The summed E-state index contributed by atoms with van der Waals surface area (Å²) < 4.78 is 1.75. The van der Waals surface area contributed by atoms with E-state index in [9.17, 15) is 9.90 Å². The number of nitrogens with zero attached hydrogens (tertiary/aromatic N) is 3. The maximum atomic E-state index is 12.5. The first-order chi connectivity index (χ1) is 12.4. The number of aliphatic hydroxyl groups excluding tert-OH is 1. The number of amides is 1. The van der Waals surface area contributed by atoms with Gasteiger partial charge < -0.3 is 9.67 Å². The number of nitrogens with one attached hydrogen (secondary N) is 1. The lowest BCUT2D eigenvalue weighted by Crippen LogP contribution is -2.34.